The molecule has 4 rings (SSSR count). The third kappa shape index (κ3) is 4.72. The fraction of sp³-hybridized carbons (Fsp3) is 0.0455. The van der Waals surface area contributed by atoms with Crippen molar-refractivity contribution in [3.05, 3.63) is 97.8 Å². The van der Waals surface area contributed by atoms with Gasteiger partial charge >= 0.3 is 0 Å². The zero-order valence-corrected chi connectivity index (χ0v) is 20.1. The third-order valence-corrected chi connectivity index (χ3v) is 7.83. The maximum atomic E-state index is 13.4. The molecule has 164 valence electrons. The van der Waals surface area contributed by atoms with Crippen molar-refractivity contribution in [1.82, 2.24) is 0 Å². The second kappa shape index (κ2) is 9.29. The Bertz CT molecular complexity index is 1360. The summed E-state index contributed by atoms with van der Waals surface area (Å²) in [6.07, 6.45) is 0. The molecule has 0 saturated carbocycles. The standard InChI is InChI=1S/C22H14Cl3NO4S2/c23-14-3-6-17(7-4-14)32(28,29)21-10-9-20(30-21)22(27)26(13-16-2-1-11-31-16)19-12-15(24)5-8-18(19)25/h1-12H,13H2. The van der Waals surface area contributed by atoms with Gasteiger partial charge in [0.1, 0.15) is 0 Å². The lowest BCUT2D eigenvalue weighted by Gasteiger charge is -2.22. The predicted octanol–water partition coefficient (Wildman–Crippen LogP) is 6.98. The molecule has 0 atom stereocenters. The third-order valence-electron chi connectivity index (χ3n) is 4.52. The van der Waals surface area contributed by atoms with E-state index in [1.54, 1.807) is 18.2 Å². The van der Waals surface area contributed by atoms with Crippen LogP contribution in [0.1, 0.15) is 15.4 Å². The number of benzene rings is 2. The number of hydrogen-bond donors (Lipinski definition) is 0. The minimum absolute atomic E-state index is 0.00331. The molecule has 32 heavy (non-hydrogen) atoms. The lowest BCUT2D eigenvalue weighted by atomic mass is 10.2. The Morgan fingerprint density at radius 1 is 0.938 bits per heavy atom. The Kier molecular flexibility index (Phi) is 6.65. The minimum atomic E-state index is -3.96. The Balaban J connectivity index is 1.71. The van der Waals surface area contributed by atoms with Crippen molar-refractivity contribution in [2.24, 2.45) is 0 Å². The first-order chi connectivity index (χ1) is 15.3. The number of furan rings is 1. The van der Waals surface area contributed by atoms with Crippen LogP contribution in [0.2, 0.25) is 15.1 Å². The smallest absolute Gasteiger partial charge is 0.294 e. The van der Waals surface area contributed by atoms with Crippen molar-refractivity contribution < 1.29 is 17.6 Å². The number of sulfone groups is 1. The summed E-state index contributed by atoms with van der Waals surface area (Å²) in [6.45, 7) is 0.205. The number of thiophene rings is 1. The molecular weight excluding hydrogens is 513 g/mol. The molecule has 0 unspecified atom stereocenters. The van der Waals surface area contributed by atoms with E-state index in [1.807, 2.05) is 17.5 Å². The summed E-state index contributed by atoms with van der Waals surface area (Å²) in [5.41, 5.74) is 0.385. The van der Waals surface area contributed by atoms with Crippen molar-refractivity contribution in [2.45, 2.75) is 16.5 Å². The molecule has 0 radical (unpaired) electrons. The van der Waals surface area contributed by atoms with Gasteiger partial charge in [0.15, 0.2) is 5.76 Å². The zero-order valence-electron chi connectivity index (χ0n) is 16.2. The molecular formula is C22H14Cl3NO4S2. The Hall–Kier alpha value is -2.29. The first kappa shape index (κ1) is 22.9. The van der Waals surface area contributed by atoms with Crippen LogP contribution in [-0.2, 0) is 16.4 Å². The van der Waals surface area contributed by atoms with Crippen LogP contribution in [0.3, 0.4) is 0 Å². The summed E-state index contributed by atoms with van der Waals surface area (Å²) in [4.78, 5) is 15.7. The monoisotopic (exact) mass is 525 g/mol. The first-order valence-corrected chi connectivity index (χ1v) is 12.6. The second-order valence-corrected chi connectivity index (χ2v) is 10.8. The molecule has 0 aliphatic carbocycles. The zero-order chi connectivity index (χ0) is 22.9. The summed E-state index contributed by atoms with van der Waals surface area (Å²) < 4.78 is 31.3. The highest BCUT2D eigenvalue weighted by molar-refractivity contribution is 7.91. The quantitative estimate of drug-likeness (QED) is 0.272. The molecule has 1 amide bonds. The number of rotatable bonds is 6. The van der Waals surface area contributed by atoms with Crippen molar-refractivity contribution in [3.8, 4) is 0 Å². The van der Waals surface area contributed by atoms with E-state index in [0.29, 0.717) is 20.8 Å². The lowest BCUT2D eigenvalue weighted by molar-refractivity contribution is 0.0953. The van der Waals surface area contributed by atoms with Gasteiger partial charge in [0.05, 0.1) is 22.2 Å². The van der Waals surface area contributed by atoms with Crippen LogP contribution in [0.5, 0.6) is 0 Å². The Morgan fingerprint density at radius 2 is 1.66 bits per heavy atom. The van der Waals surface area contributed by atoms with Gasteiger partial charge < -0.3 is 4.42 Å². The number of nitrogens with zero attached hydrogens (tertiary/aromatic N) is 1. The topological polar surface area (TPSA) is 67.6 Å². The molecule has 0 aliphatic rings. The molecule has 0 spiro atoms. The maximum Gasteiger partial charge on any atom is 0.294 e. The average molecular weight is 527 g/mol. The SMILES string of the molecule is O=C(c1ccc(S(=O)(=O)c2ccc(Cl)cc2)o1)N(Cc1cccs1)c1cc(Cl)ccc1Cl. The number of halogens is 3. The molecule has 2 aromatic heterocycles. The van der Waals surface area contributed by atoms with E-state index >= 15 is 0 Å². The fourth-order valence-electron chi connectivity index (χ4n) is 2.96. The van der Waals surface area contributed by atoms with Crippen LogP contribution in [-0.4, -0.2) is 14.3 Å². The van der Waals surface area contributed by atoms with Crippen LogP contribution < -0.4 is 4.90 Å². The fourth-order valence-corrected chi connectivity index (χ4v) is 5.34. The van der Waals surface area contributed by atoms with E-state index in [2.05, 4.69) is 0 Å². The van der Waals surface area contributed by atoms with Crippen molar-refractivity contribution in [3.63, 3.8) is 0 Å². The van der Waals surface area contributed by atoms with E-state index < -0.39 is 15.7 Å². The normalized spacial score (nSPS) is 11.5. The van der Waals surface area contributed by atoms with E-state index in [1.165, 1.54) is 52.6 Å². The van der Waals surface area contributed by atoms with Gasteiger partial charge in [0.2, 0.25) is 14.9 Å². The lowest BCUT2D eigenvalue weighted by Crippen LogP contribution is -2.30. The van der Waals surface area contributed by atoms with E-state index in [9.17, 15) is 13.2 Å². The minimum Gasteiger partial charge on any atom is -0.439 e. The highest BCUT2D eigenvalue weighted by Crippen LogP contribution is 2.33. The molecule has 2 aromatic carbocycles. The molecule has 0 aliphatic heterocycles. The van der Waals surface area contributed by atoms with Gasteiger partial charge in [-0.2, -0.15) is 0 Å². The van der Waals surface area contributed by atoms with Gasteiger partial charge in [-0.15, -0.1) is 11.3 Å². The van der Waals surface area contributed by atoms with Crippen molar-refractivity contribution >= 4 is 67.6 Å². The second-order valence-electron chi connectivity index (χ2n) is 6.64. The van der Waals surface area contributed by atoms with Crippen molar-refractivity contribution in [2.75, 3.05) is 4.90 Å². The van der Waals surface area contributed by atoms with Gasteiger partial charge in [-0.05, 0) is 66.0 Å². The number of amides is 1. The van der Waals surface area contributed by atoms with Crippen LogP contribution in [0.25, 0.3) is 0 Å². The summed E-state index contributed by atoms with van der Waals surface area (Å²) in [5, 5.41) is 2.67. The van der Waals surface area contributed by atoms with Crippen LogP contribution in [0.4, 0.5) is 5.69 Å². The number of carbonyl (C=O) groups is 1. The molecule has 0 fully saturated rings. The van der Waals surface area contributed by atoms with E-state index in [4.69, 9.17) is 39.2 Å². The molecule has 4 aromatic rings. The van der Waals surface area contributed by atoms with Crippen LogP contribution >= 0.6 is 46.1 Å². The first-order valence-electron chi connectivity index (χ1n) is 9.15. The summed E-state index contributed by atoms with van der Waals surface area (Å²) in [5.74, 6) is -0.703. The van der Waals surface area contributed by atoms with Gasteiger partial charge in [-0.3, -0.25) is 9.69 Å². The highest BCUT2D eigenvalue weighted by Gasteiger charge is 2.27. The summed E-state index contributed by atoms with van der Waals surface area (Å²) in [6, 6.07) is 16.8. The highest BCUT2D eigenvalue weighted by atomic mass is 35.5. The average Bonchev–Trinajstić information content (AvgIpc) is 3.46. The van der Waals surface area contributed by atoms with Crippen LogP contribution in [0, 0.1) is 0 Å². The van der Waals surface area contributed by atoms with Gasteiger partial charge in [-0.1, -0.05) is 40.9 Å². The number of anilines is 1. The van der Waals surface area contributed by atoms with E-state index in [0.717, 1.165) is 4.88 Å². The van der Waals surface area contributed by atoms with Gasteiger partial charge in [0, 0.05) is 14.9 Å². The van der Waals surface area contributed by atoms with Crippen molar-refractivity contribution in [1.29, 1.82) is 0 Å². The number of hydrogen-bond acceptors (Lipinski definition) is 5. The Labute approximate surface area is 203 Å². The summed E-state index contributed by atoms with van der Waals surface area (Å²) >= 11 is 19.8. The molecule has 10 heteroatoms. The largest absolute Gasteiger partial charge is 0.439 e. The number of carbonyl (C=O) groups excluding carboxylic acids is 1. The molecule has 5 nitrogen and oxygen atoms in total. The molecule has 2 heterocycles. The molecule has 0 N–H and O–H groups in total. The van der Waals surface area contributed by atoms with E-state index in [-0.39, 0.29) is 22.3 Å². The Morgan fingerprint density at radius 3 is 2.34 bits per heavy atom. The predicted molar refractivity (Wildman–Crippen MR) is 127 cm³/mol. The van der Waals surface area contributed by atoms with Gasteiger partial charge in [-0.25, -0.2) is 8.42 Å². The maximum absolute atomic E-state index is 13.4. The molecule has 0 bridgehead atoms. The summed E-state index contributed by atoms with van der Waals surface area (Å²) in [7, 11) is -3.96. The molecule has 0 saturated heterocycles. The van der Waals surface area contributed by atoms with Crippen LogP contribution in [0.15, 0.2) is 86.5 Å². The van der Waals surface area contributed by atoms with Gasteiger partial charge in [0.25, 0.3) is 5.91 Å².